The van der Waals surface area contributed by atoms with Crippen LogP contribution < -0.4 is 5.32 Å². The zero-order valence-electron chi connectivity index (χ0n) is 12.8. The molecule has 1 atom stereocenters. The Kier molecular flexibility index (Phi) is 5.18. The second-order valence-corrected chi connectivity index (χ2v) is 6.63. The van der Waals surface area contributed by atoms with E-state index in [-0.39, 0.29) is 12.1 Å². The van der Waals surface area contributed by atoms with Gasteiger partial charge >= 0.3 is 0 Å². The number of nitrogens with zero attached hydrogens (tertiary/aromatic N) is 2. The molecule has 1 fully saturated rings. The Morgan fingerprint density at radius 1 is 1.40 bits per heavy atom. The number of rotatable bonds is 6. The van der Waals surface area contributed by atoms with E-state index in [1.54, 1.807) is 11.3 Å². The quantitative estimate of drug-likeness (QED) is 0.875. The highest BCUT2D eigenvalue weighted by atomic mass is 32.1. The van der Waals surface area contributed by atoms with Gasteiger partial charge < -0.3 is 4.90 Å². The third-order valence-electron chi connectivity index (χ3n) is 3.86. The van der Waals surface area contributed by atoms with E-state index >= 15 is 0 Å². The highest BCUT2D eigenvalue weighted by Gasteiger charge is 2.32. The average molecular weight is 295 g/mol. The topological polar surface area (TPSA) is 35.6 Å². The van der Waals surface area contributed by atoms with Crippen molar-refractivity contribution in [1.29, 1.82) is 0 Å². The third-order valence-corrected chi connectivity index (χ3v) is 4.56. The van der Waals surface area contributed by atoms with Crippen LogP contribution >= 0.6 is 11.3 Å². The number of carbonyl (C=O) groups is 1. The SMILES string of the molecule is CC(C)N(CCN1C(=O)CNC1c1ccsc1)C(C)C. The van der Waals surface area contributed by atoms with Crippen molar-refractivity contribution < 1.29 is 4.79 Å². The minimum atomic E-state index is 0.0509. The van der Waals surface area contributed by atoms with Crippen molar-refractivity contribution in [2.24, 2.45) is 0 Å². The van der Waals surface area contributed by atoms with Gasteiger partial charge in [0.2, 0.25) is 5.91 Å². The number of hydrogen-bond donors (Lipinski definition) is 1. The maximum absolute atomic E-state index is 12.1. The maximum atomic E-state index is 12.1. The van der Waals surface area contributed by atoms with Crippen LogP contribution in [0.15, 0.2) is 16.8 Å². The summed E-state index contributed by atoms with van der Waals surface area (Å²) < 4.78 is 0. The number of nitrogens with one attached hydrogen (secondary N) is 1. The first-order chi connectivity index (χ1) is 9.50. The van der Waals surface area contributed by atoms with Crippen LogP contribution in [0.1, 0.15) is 39.4 Å². The van der Waals surface area contributed by atoms with Crippen molar-refractivity contribution in [3.63, 3.8) is 0 Å². The Hall–Kier alpha value is -0.910. The molecular formula is C15H25N3OS. The lowest BCUT2D eigenvalue weighted by atomic mass is 10.2. The fourth-order valence-electron chi connectivity index (χ4n) is 2.86. The highest BCUT2D eigenvalue weighted by molar-refractivity contribution is 7.07. The van der Waals surface area contributed by atoms with Gasteiger partial charge in [-0.1, -0.05) is 0 Å². The van der Waals surface area contributed by atoms with Gasteiger partial charge in [-0.15, -0.1) is 0 Å². The molecule has 1 saturated heterocycles. The van der Waals surface area contributed by atoms with Gasteiger partial charge in [-0.25, -0.2) is 0 Å². The van der Waals surface area contributed by atoms with E-state index in [4.69, 9.17) is 0 Å². The lowest BCUT2D eigenvalue weighted by Crippen LogP contribution is -2.43. The van der Waals surface area contributed by atoms with Crippen LogP contribution in [0.2, 0.25) is 0 Å². The lowest BCUT2D eigenvalue weighted by molar-refractivity contribution is -0.128. The summed E-state index contributed by atoms with van der Waals surface area (Å²) in [6.45, 7) is 11.0. The minimum absolute atomic E-state index is 0.0509. The van der Waals surface area contributed by atoms with Crippen LogP contribution in [0.5, 0.6) is 0 Å². The molecule has 1 unspecified atom stereocenters. The van der Waals surface area contributed by atoms with Gasteiger partial charge in [0.1, 0.15) is 6.17 Å². The van der Waals surface area contributed by atoms with Crippen molar-refractivity contribution in [3.05, 3.63) is 22.4 Å². The number of hydrogen-bond acceptors (Lipinski definition) is 4. The first-order valence-electron chi connectivity index (χ1n) is 7.31. The second kappa shape index (κ2) is 6.70. The van der Waals surface area contributed by atoms with Crippen molar-refractivity contribution in [3.8, 4) is 0 Å². The summed E-state index contributed by atoms with van der Waals surface area (Å²) in [7, 11) is 0. The molecule has 1 aromatic heterocycles. The molecule has 1 aliphatic rings. The summed E-state index contributed by atoms with van der Waals surface area (Å²) in [6, 6.07) is 3.09. The fourth-order valence-corrected chi connectivity index (χ4v) is 3.54. The van der Waals surface area contributed by atoms with E-state index in [2.05, 4.69) is 54.7 Å². The van der Waals surface area contributed by atoms with Gasteiger partial charge in [-0.05, 0) is 50.1 Å². The molecule has 1 N–H and O–H groups in total. The molecule has 112 valence electrons. The van der Waals surface area contributed by atoms with Gasteiger partial charge in [-0.3, -0.25) is 15.0 Å². The number of thiophene rings is 1. The van der Waals surface area contributed by atoms with E-state index in [1.165, 1.54) is 5.56 Å². The molecule has 5 heteroatoms. The summed E-state index contributed by atoms with van der Waals surface area (Å²) in [5.41, 5.74) is 1.20. The molecule has 1 aliphatic heterocycles. The van der Waals surface area contributed by atoms with Crippen molar-refractivity contribution in [2.45, 2.75) is 45.9 Å². The third kappa shape index (κ3) is 3.40. The van der Waals surface area contributed by atoms with Crippen LogP contribution in [0.3, 0.4) is 0 Å². The van der Waals surface area contributed by atoms with E-state index in [9.17, 15) is 4.79 Å². The largest absolute Gasteiger partial charge is 0.321 e. The molecule has 0 saturated carbocycles. The molecular weight excluding hydrogens is 270 g/mol. The van der Waals surface area contributed by atoms with E-state index in [0.717, 1.165) is 13.1 Å². The van der Waals surface area contributed by atoms with E-state index < -0.39 is 0 Å². The van der Waals surface area contributed by atoms with Crippen LogP contribution in [0.4, 0.5) is 0 Å². The molecule has 0 aliphatic carbocycles. The molecule has 0 radical (unpaired) electrons. The fraction of sp³-hybridized carbons (Fsp3) is 0.667. The van der Waals surface area contributed by atoms with Gasteiger partial charge in [0.25, 0.3) is 0 Å². The van der Waals surface area contributed by atoms with Gasteiger partial charge in [0.05, 0.1) is 6.54 Å². The van der Waals surface area contributed by atoms with Crippen molar-refractivity contribution >= 4 is 17.2 Å². The van der Waals surface area contributed by atoms with Gasteiger partial charge in [0, 0.05) is 25.2 Å². The Balaban J connectivity index is 2.01. The molecule has 0 aromatic carbocycles. The molecule has 0 bridgehead atoms. The molecule has 1 amide bonds. The average Bonchev–Trinajstić information content (AvgIpc) is 2.99. The molecule has 4 nitrogen and oxygen atoms in total. The smallest absolute Gasteiger partial charge is 0.238 e. The number of carbonyl (C=O) groups excluding carboxylic acids is 1. The Morgan fingerprint density at radius 3 is 2.65 bits per heavy atom. The van der Waals surface area contributed by atoms with E-state index in [0.29, 0.717) is 18.6 Å². The number of amides is 1. The minimum Gasteiger partial charge on any atom is -0.321 e. The molecule has 2 heterocycles. The Morgan fingerprint density at radius 2 is 2.10 bits per heavy atom. The van der Waals surface area contributed by atoms with Crippen LogP contribution in [0.25, 0.3) is 0 Å². The zero-order chi connectivity index (χ0) is 14.7. The van der Waals surface area contributed by atoms with Crippen molar-refractivity contribution in [2.75, 3.05) is 19.6 Å². The Labute approximate surface area is 125 Å². The molecule has 2 rings (SSSR count). The summed E-state index contributed by atoms with van der Waals surface area (Å²) in [4.78, 5) is 16.5. The van der Waals surface area contributed by atoms with Crippen LogP contribution in [0, 0.1) is 0 Å². The van der Waals surface area contributed by atoms with Crippen LogP contribution in [-0.2, 0) is 4.79 Å². The van der Waals surface area contributed by atoms with Crippen LogP contribution in [-0.4, -0.2) is 47.4 Å². The van der Waals surface area contributed by atoms with Gasteiger partial charge in [0.15, 0.2) is 0 Å². The van der Waals surface area contributed by atoms with Crippen molar-refractivity contribution in [1.82, 2.24) is 15.1 Å². The first-order valence-corrected chi connectivity index (χ1v) is 8.25. The molecule has 20 heavy (non-hydrogen) atoms. The summed E-state index contributed by atoms with van der Waals surface area (Å²) in [5, 5.41) is 7.48. The lowest BCUT2D eigenvalue weighted by Gasteiger charge is -2.33. The predicted molar refractivity (Wildman–Crippen MR) is 83.8 cm³/mol. The zero-order valence-corrected chi connectivity index (χ0v) is 13.6. The molecule has 1 aromatic rings. The first kappa shape index (κ1) is 15.5. The summed E-state index contributed by atoms with van der Waals surface area (Å²) >= 11 is 1.68. The summed E-state index contributed by atoms with van der Waals surface area (Å²) in [6.07, 6.45) is 0.0509. The standard InChI is InChI=1S/C15H25N3OS/c1-11(2)17(12(3)4)6-7-18-14(19)9-16-15(18)13-5-8-20-10-13/h5,8,10-12,15-16H,6-7,9H2,1-4H3. The molecule has 0 spiro atoms. The van der Waals surface area contributed by atoms with Gasteiger partial charge in [-0.2, -0.15) is 11.3 Å². The Bertz CT molecular complexity index is 422. The maximum Gasteiger partial charge on any atom is 0.238 e. The second-order valence-electron chi connectivity index (χ2n) is 5.85. The predicted octanol–water partition coefficient (Wildman–Crippen LogP) is 2.30. The summed E-state index contributed by atoms with van der Waals surface area (Å²) in [5.74, 6) is 0.202. The highest BCUT2D eigenvalue weighted by Crippen LogP contribution is 2.24. The van der Waals surface area contributed by atoms with E-state index in [1.807, 2.05) is 4.90 Å². The normalized spacial score (nSPS) is 19.9. The monoisotopic (exact) mass is 295 g/mol.